The molecular weight excluding hydrogens is 332 g/mol. The number of carbonyl (C=O) groups is 1. The van der Waals surface area contributed by atoms with Gasteiger partial charge in [0.1, 0.15) is 6.04 Å². The lowest BCUT2D eigenvalue weighted by molar-refractivity contribution is -0.117. The molecular formula is C17H22N8O. The summed E-state index contributed by atoms with van der Waals surface area (Å²) in [6.07, 6.45) is 0. The molecule has 1 aromatic carbocycles. The molecule has 0 saturated carbocycles. The highest BCUT2D eigenvalue weighted by Crippen LogP contribution is 2.28. The molecule has 2 heterocycles. The fraction of sp³-hybridized carbons (Fsp3) is 0.353. The van der Waals surface area contributed by atoms with Crippen LogP contribution in [0.25, 0.3) is 0 Å². The van der Waals surface area contributed by atoms with Gasteiger partial charge in [0.15, 0.2) is 0 Å². The molecule has 1 aliphatic heterocycles. The van der Waals surface area contributed by atoms with Crippen molar-refractivity contribution in [3.8, 4) is 0 Å². The molecule has 0 spiro atoms. The minimum absolute atomic E-state index is 0.0225. The number of amides is 1. The lowest BCUT2D eigenvalue weighted by atomic mass is 10.2. The van der Waals surface area contributed by atoms with E-state index >= 15 is 0 Å². The fourth-order valence-electron chi connectivity index (χ4n) is 2.64. The van der Waals surface area contributed by atoms with E-state index in [1.165, 1.54) is 9.80 Å². The van der Waals surface area contributed by atoms with Crippen molar-refractivity contribution in [1.29, 1.82) is 5.41 Å². The molecule has 1 fully saturated rings. The molecule has 0 aliphatic carbocycles. The van der Waals surface area contributed by atoms with Crippen molar-refractivity contribution in [2.24, 2.45) is 0 Å². The second-order valence-electron chi connectivity index (χ2n) is 6.40. The average Bonchev–Trinajstić information content (AvgIpc) is 2.84. The molecule has 1 atom stereocenters. The molecule has 1 amide bonds. The van der Waals surface area contributed by atoms with Crippen LogP contribution >= 0.6 is 0 Å². The first-order valence-corrected chi connectivity index (χ1v) is 8.18. The van der Waals surface area contributed by atoms with Gasteiger partial charge in [-0.15, -0.1) is 0 Å². The lowest BCUT2D eigenvalue weighted by Gasteiger charge is -2.23. The molecule has 1 saturated heterocycles. The normalized spacial score (nSPS) is 17.0. The number of anilines is 4. The molecule has 9 heteroatoms. The number of rotatable bonds is 4. The Labute approximate surface area is 152 Å². The maximum absolute atomic E-state index is 12.8. The number of nitrogens with zero attached hydrogens (tertiary/aromatic N) is 7. The first kappa shape index (κ1) is 17.6. The molecule has 1 aromatic heterocycles. The van der Waals surface area contributed by atoms with Gasteiger partial charge in [0.25, 0.3) is 5.91 Å². The van der Waals surface area contributed by atoms with E-state index in [0.717, 1.165) is 0 Å². The monoisotopic (exact) mass is 354 g/mol. The van der Waals surface area contributed by atoms with E-state index in [4.69, 9.17) is 5.41 Å². The first-order valence-electron chi connectivity index (χ1n) is 8.18. The van der Waals surface area contributed by atoms with Gasteiger partial charge >= 0.3 is 0 Å². The second-order valence-corrected chi connectivity index (χ2v) is 6.40. The van der Waals surface area contributed by atoms with E-state index in [1.807, 2.05) is 46.4 Å². The summed E-state index contributed by atoms with van der Waals surface area (Å²) >= 11 is 0. The van der Waals surface area contributed by atoms with Crippen molar-refractivity contribution in [2.75, 3.05) is 47.8 Å². The molecule has 2 aromatic rings. The maximum atomic E-state index is 12.8. The Hall–Kier alpha value is -3.23. The van der Waals surface area contributed by atoms with E-state index in [-0.39, 0.29) is 17.8 Å². The zero-order valence-electron chi connectivity index (χ0n) is 15.5. The number of para-hydroxylation sites is 1. The van der Waals surface area contributed by atoms with Crippen LogP contribution in [0.2, 0.25) is 0 Å². The summed E-state index contributed by atoms with van der Waals surface area (Å²) in [6, 6.07) is 8.54. The van der Waals surface area contributed by atoms with Crippen LogP contribution in [0.4, 0.5) is 23.5 Å². The Balaban J connectivity index is 2.06. The SMILES string of the molecule is C[C@@H]1C(=O)N(c2ccccc2)C(=N)N1c1nc(N(C)C)nc(N(C)C)n1. The fourth-order valence-corrected chi connectivity index (χ4v) is 2.64. The Morgan fingerprint density at radius 1 is 0.962 bits per heavy atom. The van der Waals surface area contributed by atoms with Crippen LogP contribution in [-0.4, -0.2) is 61.1 Å². The Kier molecular flexibility index (Phi) is 4.45. The minimum atomic E-state index is -0.588. The third-order valence-electron chi connectivity index (χ3n) is 4.03. The van der Waals surface area contributed by atoms with Crippen LogP contribution < -0.4 is 19.6 Å². The summed E-state index contributed by atoms with van der Waals surface area (Å²) in [5, 5.41) is 8.56. The van der Waals surface area contributed by atoms with Crippen molar-refractivity contribution in [2.45, 2.75) is 13.0 Å². The largest absolute Gasteiger partial charge is 0.347 e. The molecule has 0 bridgehead atoms. The van der Waals surface area contributed by atoms with Crippen LogP contribution in [0, 0.1) is 5.41 Å². The van der Waals surface area contributed by atoms with E-state index in [2.05, 4.69) is 15.0 Å². The molecule has 3 rings (SSSR count). The van der Waals surface area contributed by atoms with Gasteiger partial charge in [-0.05, 0) is 19.1 Å². The van der Waals surface area contributed by atoms with Gasteiger partial charge in [0, 0.05) is 28.2 Å². The van der Waals surface area contributed by atoms with Gasteiger partial charge in [-0.3, -0.25) is 15.1 Å². The quantitative estimate of drug-likeness (QED) is 0.881. The highest BCUT2D eigenvalue weighted by Gasteiger charge is 2.43. The standard InChI is InChI=1S/C17H22N8O/c1-11-13(26)25(12-9-7-6-8-10-12)14(18)24(11)17-20-15(22(2)3)19-16(21-17)23(4)5/h6-11,18H,1-5H3/t11-/m1/s1. The molecule has 1 aliphatic rings. The van der Waals surface area contributed by atoms with Gasteiger partial charge in [-0.25, -0.2) is 4.90 Å². The van der Waals surface area contributed by atoms with Gasteiger partial charge in [0.05, 0.1) is 5.69 Å². The lowest BCUT2D eigenvalue weighted by Crippen LogP contribution is -2.36. The summed E-state index contributed by atoms with van der Waals surface area (Å²) in [5.41, 5.74) is 0.645. The minimum Gasteiger partial charge on any atom is -0.347 e. The van der Waals surface area contributed by atoms with Crippen molar-refractivity contribution in [3.05, 3.63) is 30.3 Å². The topological polar surface area (TPSA) is 92.6 Å². The zero-order valence-corrected chi connectivity index (χ0v) is 15.5. The number of benzene rings is 1. The molecule has 0 unspecified atom stereocenters. The summed E-state index contributed by atoms with van der Waals surface area (Å²) in [5.74, 6) is 1.03. The summed E-state index contributed by atoms with van der Waals surface area (Å²) in [6.45, 7) is 1.74. The Morgan fingerprint density at radius 2 is 1.50 bits per heavy atom. The number of guanidine groups is 1. The van der Waals surface area contributed by atoms with Crippen LogP contribution in [0.5, 0.6) is 0 Å². The number of carbonyl (C=O) groups excluding carboxylic acids is 1. The number of hydrogen-bond donors (Lipinski definition) is 1. The molecule has 136 valence electrons. The van der Waals surface area contributed by atoms with Crippen molar-refractivity contribution in [3.63, 3.8) is 0 Å². The van der Waals surface area contributed by atoms with Crippen molar-refractivity contribution < 1.29 is 4.79 Å². The van der Waals surface area contributed by atoms with E-state index in [9.17, 15) is 4.79 Å². The van der Waals surface area contributed by atoms with Gasteiger partial charge in [0.2, 0.25) is 23.8 Å². The highest BCUT2D eigenvalue weighted by molar-refractivity contribution is 6.28. The number of nitrogens with one attached hydrogen (secondary N) is 1. The third kappa shape index (κ3) is 2.92. The second kappa shape index (κ2) is 6.58. The summed E-state index contributed by atoms with van der Waals surface area (Å²) in [4.78, 5) is 32.5. The molecule has 9 nitrogen and oxygen atoms in total. The molecule has 0 radical (unpaired) electrons. The van der Waals surface area contributed by atoms with E-state index in [1.54, 1.807) is 28.9 Å². The smallest absolute Gasteiger partial charge is 0.256 e. The summed E-state index contributed by atoms with van der Waals surface area (Å²) < 4.78 is 0. The predicted octanol–water partition coefficient (Wildman–Crippen LogP) is 1.18. The molecule has 26 heavy (non-hydrogen) atoms. The predicted molar refractivity (Wildman–Crippen MR) is 102 cm³/mol. The van der Waals surface area contributed by atoms with E-state index in [0.29, 0.717) is 17.6 Å². The Bertz CT molecular complexity index is 810. The highest BCUT2D eigenvalue weighted by atomic mass is 16.2. The number of hydrogen-bond acceptors (Lipinski definition) is 7. The van der Waals surface area contributed by atoms with E-state index < -0.39 is 6.04 Å². The third-order valence-corrected chi connectivity index (χ3v) is 4.03. The molecule has 1 N–H and O–H groups in total. The Morgan fingerprint density at radius 3 is 2.00 bits per heavy atom. The van der Waals surface area contributed by atoms with Crippen LogP contribution in [0.1, 0.15) is 6.92 Å². The van der Waals surface area contributed by atoms with Gasteiger partial charge in [-0.2, -0.15) is 15.0 Å². The number of aromatic nitrogens is 3. The first-order chi connectivity index (χ1) is 12.3. The summed E-state index contributed by atoms with van der Waals surface area (Å²) in [7, 11) is 7.33. The van der Waals surface area contributed by atoms with Crippen molar-refractivity contribution >= 4 is 35.4 Å². The van der Waals surface area contributed by atoms with Crippen LogP contribution in [0.3, 0.4) is 0 Å². The van der Waals surface area contributed by atoms with Crippen LogP contribution in [0.15, 0.2) is 30.3 Å². The van der Waals surface area contributed by atoms with Gasteiger partial charge in [-0.1, -0.05) is 18.2 Å². The maximum Gasteiger partial charge on any atom is 0.256 e. The van der Waals surface area contributed by atoms with Crippen molar-refractivity contribution in [1.82, 2.24) is 15.0 Å². The van der Waals surface area contributed by atoms with Crippen LogP contribution in [-0.2, 0) is 4.79 Å². The zero-order chi connectivity index (χ0) is 19.0. The average molecular weight is 354 g/mol. The van der Waals surface area contributed by atoms with Gasteiger partial charge < -0.3 is 9.80 Å².